The lowest BCUT2D eigenvalue weighted by Crippen LogP contribution is -2.27. The minimum atomic E-state index is 0.937. The zero-order valence-corrected chi connectivity index (χ0v) is 10.6. The molecule has 1 aliphatic heterocycles. The third-order valence-electron chi connectivity index (χ3n) is 3.63. The van der Waals surface area contributed by atoms with Gasteiger partial charge in [-0.3, -0.25) is 4.98 Å². The molecule has 3 heteroatoms. The second-order valence-corrected chi connectivity index (χ2v) is 4.89. The molecule has 3 nitrogen and oxygen atoms in total. The number of likely N-dealkylation sites (N-methyl/N-ethyl adjacent to an activating group) is 1. The number of rotatable bonds is 1. The maximum absolute atomic E-state index is 6.34. The van der Waals surface area contributed by atoms with Crippen LogP contribution in [0.4, 0.5) is 5.69 Å². The van der Waals surface area contributed by atoms with Crippen LogP contribution in [0.25, 0.3) is 11.1 Å². The van der Waals surface area contributed by atoms with Crippen LogP contribution in [0.1, 0.15) is 11.1 Å². The molecule has 0 spiro atoms. The largest absolute Gasteiger partial charge is 0.398 e. The first-order chi connectivity index (χ1) is 8.75. The Labute approximate surface area is 107 Å². The van der Waals surface area contributed by atoms with E-state index in [1.54, 1.807) is 0 Å². The fourth-order valence-electron chi connectivity index (χ4n) is 2.61. The average molecular weight is 239 g/mol. The quantitative estimate of drug-likeness (QED) is 0.777. The highest BCUT2D eigenvalue weighted by Crippen LogP contribution is 2.33. The maximum Gasteiger partial charge on any atom is 0.0430 e. The summed E-state index contributed by atoms with van der Waals surface area (Å²) in [6, 6.07) is 8.35. The summed E-state index contributed by atoms with van der Waals surface area (Å²) in [6.45, 7) is 2.08. The first kappa shape index (κ1) is 11.2. The van der Waals surface area contributed by atoms with Crippen LogP contribution in [-0.4, -0.2) is 23.5 Å². The summed E-state index contributed by atoms with van der Waals surface area (Å²) < 4.78 is 0. The molecule has 0 amide bonds. The van der Waals surface area contributed by atoms with Crippen LogP contribution in [0.5, 0.6) is 0 Å². The van der Waals surface area contributed by atoms with Crippen molar-refractivity contribution in [2.24, 2.45) is 0 Å². The summed E-state index contributed by atoms with van der Waals surface area (Å²) in [5.41, 5.74) is 12.2. The second kappa shape index (κ2) is 4.42. The molecule has 2 aromatic rings. The standard InChI is InChI=1S/C15H17N3/c1-18-9-6-14-12(10-18)2-3-13(15(14)16)11-4-7-17-8-5-11/h2-5,7-8H,6,9-10,16H2,1H3. The molecular weight excluding hydrogens is 222 g/mol. The molecule has 3 rings (SSSR count). The molecule has 0 aliphatic carbocycles. The van der Waals surface area contributed by atoms with E-state index >= 15 is 0 Å². The number of pyridine rings is 1. The van der Waals surface area contributed by atoms with Crippen LogP contribution in [-0.2, 0) is 13.0 Å². The van der Waals surface area contributed by atoms with Crippen LogP contribution >= 0.6 is 0 Å². The van der Waals surface area contributed by atoms with Crippen LogP contribution in [0.3, 0.4) is 0 Å². The zero-order chi connectivity index (χ0) is 12.5. The lowest BCUT2D eigenvalue weighted by Gasteiger charge is -2.27. The van der Waals surface area contributed by atoms with Crippen molar-refractivity contribution in [3.05, 3.63) is 47.8 Å². The number of hydrogen-bond donors (Lipinski definition) is 1. The minimum Gasteiger partial charge on any atom is -0.398 e. The summed E-state index contributed by atoms with van der Waals surface area (Å²) in [6.07, 6.45) is 4.65. The van der Waals surface area contributed by atoms with Crippen LogP contribution < -0.4 is 5.73 Å². The molecule has 0 radical (unpaired) electrons. The molecule has 2 heterocycles. The smallest absolute Gasteiger partial charge is 0.0430 e. The Morgan fingerprint density at radius 2 is 1.94 bits per heavy atom. The monoisotopic (exact) mass is 239 g/mol. The Hall–Kier alpha value is -1.87. The van der Waals surface area contributed by atoms with Gasteiger partial charge < -0.3 is 10.6 Å². The summed E-state index contributed by atoms with van der Waals surface area (Å²) in [4.78, 5) is 6.38. The minimum absolute atomic E-state index is 0.937. The fourth-order valence-corrected chi connectivity index (χ4v) is 2.61. The number of fused-ring (bicyclic) bond motifs is 1. The Morgan fingerprint density at radius 1 is 1.17 bits per heavy atom. The molecular formula is C15H17N3. The molecule has 1 aromatic heterocycles. The summed E-state index contributed by atoms with van der Waals surface area (Å²) >= 11 is 0. The topological polar surface area (TPSA) is 42.2 Å². The highest BCUT2D eigenvalue weighted by Gasteiger charge is 2.17. The van der Waals surface area contributed by atoms with Gasteiger partial charge in [-0.2, -0.15) is 0 Å². The highest BCUT2D eigenvalue weighted by molar-refractivity contribution is 5.79. The van der Waals surface area contributed by atoms with Crippen LogP contribution in [0, 0.1) is 0 Å². The molecule has 1 aliphatic rings. The van der Waals surface area contributed by atoms with Gasteiger partial charge in [0, 0.05) is 36.7 Å². The first-order valence-corrected chi connectivity index (χ1v) is 6.25. The van der Waals surface area contributed by atoms with Crippen LogP contribution in [0.15, 0.2) is 36.7 Å². The average Bonchev–Trinajstić information content (AvgIpc) is 2.40. The van der Waals surface area contributed by atoms with E-state index in [0.717, 1.165) is 36.3 Å². The van der Waals surface area contributed by atoms with E-state index in [-0.39, 0.29) is 0 Å². The van der Waals surface area contributed by atoms with Crippen molar-refractivity contribution in [2.75, 3.05) is 19.3 Å². The number of anilines is 1. The lowest BCUT2D eigenvalue weighted by molar-refractivity contribution is 0.313. The molecule has 0 atom stereocenters. The van der Waals surface area contributed by atoms with Gasteiger partial charge in [0.15, 0.2) is 0 Å². The second-order valence-electron chi connectivity index (χ2n) is 4.89. The number of nitrogens with two attached hydrogens (primary N) is 1. The maximum atomic E-state index is 6.34. The third-order valence-corrected chi connectivity index (χ3v) is 3.63. The summed E-state index contributed by atoms with van der Waals surface area (Å²) in [5.74, 6) is 0. The number of hydrogen-bond acceptors (Lipinski definition) is 3. The number of nitrogen functional groups attached to an aromatic ring is 1. The predicted octanol–water partition coefficient (Wildman–Crippen LogP) is 2.32. The Bertz CT molecular complexity index is 563. The van der Waals surface area contributed by atoms with E-state index in [1.165, 1.54) is 11.1 Å². The fraction of sp³-hybridized carbons (Fsp3) is 0.267. The molecule has 1 aromatic carbocycles. The van der Waals surface area contributed by atoms with Gasteiger partial charge >= 0.3 is 0 Å². The molecule has 18 heavy (non-hydrogen) atoms. The normalized spacial score (nSPS) is 15.4. The van der Waals surface area contributed by atoms with E-state index in [4.69, 9.17) is 5.73 Å². The van der Waals surface area contributed by atoms with Gasteiger partial charge in [-0.15, -0.1) is 0 Å². The van der Waals surface area contributed by atoms with Gasteiger partial charge in [-0.05, 0) is 42.3 Å². The lowest BCUT2D eigenvalue weighted by atomic mass is 9.92. The first-order valence-electron chi connectivity index (χ1n) is 6.25. The van der Waals surface area contributed by atoms with Crippen molar-refractivity contribution < 1.29 is 0 Å². The number of benzene rings is 1. The van der Waals surface area contributed by atoms with Gasteiger partial charge in [0.25, 0.3) is 0 Å². The molecule has 0 saturated carbocycles. The molecule has 2 N–H and O–H groups in total. The molecule has 0 bridgehead atoms. The molecule has 92 valence electrons. The van der Waals surface area contributed by atoms with Crippen LogP contribution in [0.2, 0.25) is 0 Å². The molecule has 0 fully saturated rings. The van der Waals surface area contributed by atoms with Gasteiger partial charge in [-0.25, -0.2) is 0 Å². The van der Waals surface area contributed by atoms with E-state index in [9.17, 15) is 0 Å². The summed E-state index contributed by atoms with van der Waals surface area (Å²) in [7, 11) is 2.15. The van der Waals surface area contributed by atoms with Crippen molar-refractivity contribution in [1.82, 2.24) is 9.88 Å². The Kier molecular flexibility index (Phi) is 2.76. The Morgan fingerprint density at radius 3 is 2.72 bits per heavy atom. The third kappa shape index (κ3) is 1.87. The highest BCUT2D eigenvalue weighted by atomic mass is 15.1. The van der Waals surface area contributed by atoms with Crippen molar-refractivity contribution in [3.8, 4) is 11.1 Å². The van der Waals surface area contributed by atoms with Crippen molar-refractivity contribution in [1.29, 1.82) is 0 Å². The molecule has 0 unspecified atom stereocenters. The Balaban J connectivity index is 2.09. The van der Waals surface area contributed by atoms with Crippen molar-refractivity contribution in [3.63, 3.8) is 0 Å². The van der Waals surface area contributed by atoms with Crippen molar-refractivity contribution in [2.45, 2.75) is 13.0 Å². The van der Waals surface area contributed by atoms with Gasteiger partial charge in [0.2, 0.25) is 0 Å². The van der Waals surface area contributed by atoms with E-state index < -0.39 is 0 Å². The number of aromatic nitrogens is 1. The van der Waals surface area contributed by atoms with Crippen molar-refractivity contribution >= 4 is 5.69 Å². The zero-order valence-electron chi connectivity index (χ0n) is 10.6. The van der Waals surface area contributed by atoms with Gasteiger partial charge in [0.1, 0.15) is 0 Å². The summed E-state index contributed by atoms with van der Waals surface area (Å²) in [5, 5.41) is 0. The SMILES string of the molecule is CN1CCc2c(ccc(-c3ccncc3)c2N)C1. The van der Waals surface area contributed by atoms with Gasteiger partial charge in [0.05, 0.1) is 0 Å². The van der Waals surface area contributed by atoms with Gasteiger partial charge in [-0.1, -0.05) is 12.1 Å². The van der Waals surface area contributed by atoms with E-state index in [2.05, 4.69) is 29.1 Å². The molecule has 0 saturated heterocycles. The predicted molar refractivity (Wildman–Crippen MR) is 74.1 cm³/mol. The van der Waals surface area contributed by atoms with E-state index in [0.29, 0.717) is 0 Å². The van der Waals surface area contributed by atoms with E-state index in [1.807, 2.05) is 24.5 Å². The number of nitrogens with zero attached hydrogens (tertiary/aromatic N) is 2.